The number of rotatable bonds is 9. The van der Waals surface area contributed by atoms with Gasteiger partial charge in [-0.15, -0.1) is 0 Å². The van der Waals surface area contributed by atoms with E-state index < -0.39 is 35.7 Å². The van der Waals surface area contributed by atoms with Crippen LogP contribution in [0.15, 0.2) is 0 Å². The van der Waals surface area contributed by atoms with Gasteiger partial charge in [0, 0.05) is 0 Å². The third-order valence-corrected chi connectivity index (χ3v) is 5.61. The van der Waals surface area contributed by atoms with Crippen molar-refractivity contribution < 1.29 is 39.6 Å². The lowest BCUT2D eigenvalue weighted by Crippen LogP contribution is -2.40. The zero-order valence-electron chi connectivity index (χ0n) is 14.4. The van der Waals surface area contributed by atoms with Crippen LogP contribution in [0.5, 0.6) is 0 Å². The summed E-state index contributed by atoms with van der Waals surface area (Å²) in [6.07, 6.45) is 2.08. The van der Waals surface area contributed by atoms with Gasteiger partial charge in [-0.25, -0.2) is 0 Å². The van der Waals surface area contributed by atoms with E-state index >= 15 is 0 Å². The lowest BCUT2D eigenvalue weighted by atomic mass is 9.61. The monoisotopic (exact) mass is 358 g/mol. The first-order valence-corrected chi connectivity index (χ1v) is 8.51. The van der Waals surface area contributed by atoms with Crippen LogP contribution in [0.2, 0.25) is 0 Å². The molecule has 1 fully saturated rings. The van der Waals surface area contributed by atoms with E-state index in [0.29, 0.717) is 6.42 Å². The largest absolute Gasteiger partial charge is 0.481 e. The molecule has 0 heterocycles. The quantitative estimate of drug-likeness (QED) is 0.457. The van der Waals surface area contributed by atoms with Crippen molar-refractivity contribution in [3.63, 3.8) is 0 Å². The molecule has 0 bridgehead atoms. The summed E-state index contributed by atoms with van der Waals surface area (Å²) in [5.74, 6) is -9.43. The fraction of sp³-hybridized carbons (Fsp3) is 0.765. The highest BCUT2D eigenvalue weighted by molar-refractivity contribution is 5.93. The Bertz CT molecular complexity index is 501. The first-order chi connectivity index (χ1) is 11.6. The van der Waals surface area contributed by atoms with Crippen molar-refractivity contribution in [1.82, 2.24) is 0 Å². The van der Waals surface area contributed by atoms with Gasteiger partial charge in [0.15, 0.2) is 11.8 Å². The van der Waals surface area contributed by atoms with Crippen molar-refractivity contribution >= 4 is 23.9 Å². The predicted molar refractivity (Wildman–Crippen MR) is 85.9 cm³/mol. The van der Waals surface area contributed by atoms with Gasteiger partial charge >= 0.3 is 23.9 Å². The highest BCUT2D eigenvalue weighted by Crippen LogP contribution is 2.46. The number of hydrogen-bond acceptors (Lipinski definition) is 4. The summed E-state index contributed by atoms with van der Waals surface area (Å²) in [6.45, 7) is 3.81. The summed E-state index contributed by atoms with van der Waals surface area (Å²) in [5, 5.41) is 36.7. The second kappa shape index (κ2) is 8.82. The van der Waals surface area contributed by atoms with Crippen molar-refractivity contribution in [2.24, 2.45) is 35.5 Å². The van der Waals surface area contributed by atoms with Crippen LogP contribution < -0.4 is 0 Å². The summed E-state index contributed by atoms with van der Waals surface area (Å²) in [7, 11) is 0. The molecule has 0 spiro atoms. The molecule has 8 nitrogen and oxygen atoms in total. The number of carboxylic acid groups (broad SMARTS) is 4. The van der Waals surface area contributed by atoms with Gasteiger partial charge in [0.2, 0.25) is 0 Å². The second-order valence-electron chi connectivity index (χ2n) is 6.98. The SMILES string of the molecule is CCC1CCC(C)C(CC(C(=O)O)C(=O)O)C1CC(C(=O)O)C(=O)O. The molecular formula is C17H26O8. The molecule has 0 radical (unpaired) electrons. The Morgan fingerprint density at radius 1 is 0.800 bits per heavy atom. The van der Waals surface area contributed by atoms with Crippen molar-refractivity contribution in [2.75, 3.05) is 0 Å². The molecule has 0 aromatic carbocycles. The molecule has 142 valence electrons. The first kappa shape index (κ1) is 20.9. The molecular weight excluding hydrogens is 332 g/mol. The molecule has 0 aliphatic heterocycles. The van der Waals surface area contributed by atoms with Crippen molar-refractivity contribution in [3.8, 4) is 0 Å². The molecule has 0 saturated heterocycles. The Morgan fingerprint density at radius 2 is 1.20 bits per heavy atom. The number of carbonyl (C=O) groups is 4. The van der Waals surface area contributed by atoms with Crippen LogP contribution in [0.4, 0.5) is 0 Å². The minimum atomic E-state index is -1.57. The maximum atomic E-state index is 11.3. The smallest absolute Gasteiger partial charge is 0.317 e. The number of hydrogen-bond donors (Lipinski definition) is 4. The van der Waals surface area contributed by atoms with Crippen LogP contribution in [0.1, 0.15) is 46.0 Å². The van der Waals surface area contributed by atoms with E-state index in [4.69, 9.17) is 10.2 Å². The highest BCUT2D eigenvalue weighted by atomic mass is 16.4. The zero-order chi connectivity index (χ0) is 19.3. The Kier molecular flexibility index (Phi) is 7.38. The number of aliphatic carboxylic acids is 4. The van der Waals surface area contributed by atoms with Gasteiger partial charge in [-0.2, -0.15) is 0 Å². The third-order valence-electron chi connectivity index (χ3n) is 5.61. The summed E-state index contributed by atoms with van der Waals surface area (Å²) in [6, 6.07) is 0. The van der Waals surface area contributed by atoms with Crippen LogP contribution in [-0.2, 0) is 19.2 Å². The maximum absolute atomic E-state index is 11.3. The Hall–Kier alpha value is -2.12. The molecule has 4 N–H and O–H groups in total. The van der Waals surface area contributed by atoms with Gasteiger partial charge in [-0.05, 0) is 42.9 Å². The summed E-state index contributed by atoms with van der Waals surface area (Å²) < 4.78 is 0. The molecule has 0 aromatic heterocycles. The van der Waals surface area contributed by atoms with Gasteiger partial charge in [-0.3, -0.25) is 19.2 Å². The highest BCUT2D eigenvalue weighted by Gasteiger charge is 2.43. The molecule has 4 unspecified atom stereocenters. The van der Waals surface area contributed by atoms with Gasteiger partial charge in [0.25, 0.3) is 0 Å². The van der Waals surface area contributed by atoms with E-state index in [2.05, 4.69) is 0 Å². The van der Waals surface area contributed by atoms with E-state index in [1.807, 2.05) is 13.8 Å². The molecule has 4 atom stereocenters. The average molecular weight is 358 g/mol. The van der Waals surface area contributed by atoms with E-state index in [-0.39, 0.29) is 36.5 Å². The van der Waals surface area contributed by atoms with E-state index in [1.165, 1.54) is 0 Å². The number of carboxylic acids is 4. The van der Waals surface area contributed by atoms with Crippen molar-refractivity contribution in [1.29, 1.82) is 0 Å². The van der Waals surface area contributed by atoms with Crippen molar-refractivity contribution in [3.05, 3.63) is 0 Å². The van der Waals surface area contributed by atoms with Crippen LogP contribution in [-0.4, -0.2) is 44.3 Å². The van der Waals surface area contributed by atoms with Crippen LogP contribution in [0.3, 0.4) is 0 Å². The molecule has 1 aliphatic carbocycles. The Balaban J connectivity index is 3.13. The first-order valence-electron chi connectivity index (χ1n) is 8.51. The van der Waals surface area contributed by atoms with Gasteiger partial charge < -0.3 is 20.4 Å². The Labute approximate surface area is 145 Å². The van der Waals surface area contributed by atoms with Gasteiger partial charge in [0.1, 0.15) is 0 Å². The average Bonchev–Trinajstić information content (AvgIpc) is 2.50. The van der Waals surface area contributed by atoms with Crippen LogP contribution >= 0.6 is 0 Å². The minimum absolute atomic E-state index is 0.0113. The summed E-state index contributed by atoms with van der Waals surface area (Å²) >= 11 is 0. The molecule has 1 aliphatic rings. The minimum Gasteiger partial charge on any atom is -0.481 e. The van der Waals surface area contributed by atoms with E-state index in [1.54, 1.807) is 0 Å². The fourth-order valence-corrected chi connectivity index (χ4v) is 4.12. The lowest BCUT2D eigenvalue weighted by molar-refractivity contribution is -0.160. The van der Waals surface area contributed by atoms with Gasteiger partial charge in [0.05, 0.1) is 0 Å². The molecule has 1 rings (SSSR count). The third kappa shape index (κ3) is 5.17. The summed E-state index contributed by atoms with van der Waals surface area (Å²) in [4.78, 5) is 45.0. The predicted octanol–water partition coefficient (Wildman–Crippen LogP) is 2.03. The maximum Gasteiger partial charge on any atom is 0.317 e. The van der Waals surface area contributed by atoms with Crippen LogP contribution in [0, 0.1) is 35.5 Å². The molecule has 0 aromatic rings. The fourth-order valence-electron chi connectivity index (χ4n) is 4.12. The van der Waals surface area contributed by atoms with E-state index in [0.717, 1.165) is 12.8 Å². The summed E-state index contributed by atoms with van der Waals surface area (Å²) in [5.41, 5.74) is 0. The topological polar surface area (TPSA) is 149 Å². The normalized spacial score (nSPS) is 26.6. The standard InChI is InChI=1S/C17H26O8/c1-3-9-5-4-8(2)10(6-12(14(18)19)15(20)21)11(9)7-13(16(22)23)17(24)25/h8-13H,3-7H2,1-2H3,(H,18,19)(H,20,21)(H,22,23)(H,24,25). The van der Waals surface area contributed by atoms with Gasteiger partial charge in [-0.1, -0.05) is 26.7 Å². The van der Waals surface area contributed by atoms with E-state index in [9.17, 15) is 29.4 Å². The second-order valence-corrected chi connectivity index (χ2v) is 6.98. The Morgan fingerprint density at radius 3 is 1.56 bits per heavy atom. The lowest BCUT2D eigenvalue weighted by Gasteiger charge is -2.43. The van der Waals surface area contributed by atoms with Crippen molar-refractivity contribution in [2.45, 2.75) is 46.0 Å². The van der Waals surface area contributed by atoms with Crippen LogP contribution in [0.25, 0.3) is 0 Å². The molecule has 1 saturated carbocycles. The molecule has 25 heavy (non-hydrogen) atoms. The zero-order valence-corrected chi connectivity index (χ0v) is 14.4. The molecule has 8 heteroatoms. The molecule has 0 amide bonds.